The molecule has 0 N–H and O–H groups in total. The number of aldehydes is 1. The van der Waals surface area contributed by atoms with E-state index in [1.165, 1.54) is 12.1 Å². The summed E-state index contributed by atoms with van der Waals surface area (Å²) in [7, 11) is 0. The Labute approximate surface area is 80.7 Å². The molecule has 1 nitrogen and oxygen atoms in total. The first kappa shape index (κ1) is 9.31. The topological polar surface area (TPSA) is 17.1 Å². The van der Waals surface area contributed by atoms with Gasteiger partial charge in [-0.25, -0.2) is 8.78 Å². The molecule has 74 valence electrons. The van der Waals surface area contributed by atoms with E-state index in [4.69, 9.17) is 0 Å². The summed E-state index contributed by atoms with van der Waals surface area (Å²) in [5.41, 5.74) is -0.551. The van der Waals surface area contributed by atoms with Gasteiger partial charge in [0.25, 0.3) is 0 Å². The second kappa shape index (κ2) is 3.15. The first-order valence-corrected chi connectivity index (χ1v) is 4.60. The molecule has 1 fully saturated rings. The summed E-state index contributed by atoms with van der Waals surface area (Å²) < 4.78 is 26.3. The van der Waals surface area contributed by atoms with Crippen molar-refractivity contribution in [1.82, 2.24) is 0 Å². The molecule has 1 aromatic carbocycles. The van der Waals surface area contributed by atoms with Crippen molar-refractivity contribution in [3.63, 3.8) is 0 Å². The summed E-state index contributed by atoms with van der Waals surface area (Å²) in [5.74, 6) is -1.75. The van der Waals surface area contributed by atoms with Crippen LogP contribution < -0.4 is 0 Å². The zero-order valence-electron chi connectivity index (χ0n) is 7.59. The molecular formula is C11H10F2O. The Morgan fingerprint density at radius 3 is 2.50 bits per heavy atom. The monoisotopic (exact) mass is 196 g/mol. The van der Waals surface area contributed by atoms with E-state index in [1.807, 2.05) is 0 Å². The lowest BCUT2D eigenvalue weighted by atomic mass is 9.65. The lowest BCUT2D eigenvalue weighted by Crippen LogP contribution is -2.36. The summed E-state index contributed by atoms with van der Waals surface area (Å²) in [6, 6.07) is 4.00. The fourth-order valence-electron chi connectivity index (χ4n) is 1.90. The maximum Gasteiger partial charge on any atom is 0.163 e. The minimum Gasteiger partial charge on any atom is -0.302 e. The van der Waals surface area contributed by atoms with Crippen molar-refractivity contribution in [2.75, 3.05) is 0 Å². The van der Waals surface area contributed by atoms with Crippen LogP contribution in [0.5, 0.6) is 0 Å². The fraction of sp³-hybridized carbons (Fsp3) is 0.364. The van der Waals surface area contributed by atoms with Crippen LogP contribution in [-0.2, 0) is 10.2 Å². The van der Waals surface area contributed by atoms with E-state index in [1.54, 1.807) is 0 Å². The van der Waals surface area contributed by atoms with Gasteiger partial charge in [0.05, 0.1) is 5.41 Å². The van der Waals surface area contributed by atoms with E-state index in [-0.39, 0.29) is 5.56 Å². The van der Waals surface area contributed by atoms with Crippen molar-refractivity contribution in [3.8, 4) is 0 Å². The third-order valence-electron chi connectivity index (χ3n) is 2.96. The van der Waals surface area contributed by atoms with Gasteiger partial charge in [0.2, 0.25) is 0 Å². The zero-order valence-corrected chi connectivity index (χ0v) is 7.59. The third-order valence-corrected chi connectivity index (χ3v) is 2.96. The zero-order chi connectivity index (χ0) is 10.2. The molecule has 1 aliphatic carbocycles. The molecule has 0 atom stereocenters. The quantitative estimate of drug-likeness (QED) is 0.664. The van der Waals surface area contributed by atoms with Crippen molar-refractivity contribution < 1.29 is 13.6 Å². The average molecular weight is 196 g/mol. The maximum atomic E-state index is 13.4. The van der Waals surface area contributed by atoms with Crippen LogP contribution in [0.3, 0.4) is 0 Å². The van der Waals surface area contributed by atoms with Gasteiger partial charge in [0, 0.05) is 5.56 Å². The largest absolute Gasteiger partial charge is 0.302 e. The number of rotatable bonds is 2. The van der Waals surface area contributed by atoms with Gasteiger partial charge in [-0.05, 0) is 18.9 Å². The van der Waals surface area contributed by atoms with E-state index in [0.717, 1.165) is 18.8 Å². The van der Waals surface area contributed by atoms with E-state index in [9.17, 15) is 13.6 Å². The molecule has 0 aliphatic heterocycles. The van der Waals surface area contributed by atoms with Gasteiger partial charge in [-0.2, -0.15) is 0 Å². The molecule has 0 radical (unpaired) electrons. The molecule has 0 spiro atoms. The summed E-state index contributed by atoms with van der Waals surface area (Å²) in [4.78, 5) is 10.9. The summed E-state index contributed by atoms with van der Waals surface area (Å²) in [6.07, 6.45) is 2.89. The number of halogens is 2. The highest BCUT2D eigenvalue weighted by Crippen LogP contribution is 2.43. The standard InChI is InChI=1S/C11H10F2O/c12-9-4-1-3-8(10(9)13)11(7-14)5-2-6-11/h1,3-4,7H,2,5-6H2. The van der Waals surface area contributed by atoms with Crippen molar-refractivity contribution >= 4 is 6.29 Å². The highest BCUT2D eigenvalue weighted by molar-refractivity contribution is 5.70. The van der Waals surface area contributed by atoms with Crippen LogP contribution in [-0.4, -0.2) is 6.29 Å². The van der Waals surface area contributed by atoms with Crippen LogP contribution in [0.25, 0.3) is 0 Å². The number of carbonyl (C=O) groups excluding carboxylic acids is 1. The summed E-state index contributed by atoms with van der Waals surface area (Å²) >= 11 is 0. The number of benzene rings is 1. The minimum absolute atomic E-state index is 0.207. The Morgan fingerprint density at radius 1 is 1.29 bits per heavy atom. The number of hydrogen-bond acceptors (Lipinski definition) is 1. The SMILES string of the molecule is O=CC1(c2cccc(F)c2F)CCC1. The van der Waals surface area contributed by atoms with Crippen LogP contribution in [0.4, 0.5) is 8.78 Å². The van der Waals surface area contributed by atoms with Crippen molar-refractivity contribution in [2.24, 2.45) is 0 Å². The van der Waals surface area contributed by atoms with Gasteiger partial charge >= 0.3 is 0 Å². The predicted octanol–water partition coefficient (Wildman–Crippen LogP) is 2.59. The van der Waals surface area contributed by atoms with Gasteiger partial charge in [-0.1, -0.05) is 18.6 Å². The third kappa shape index (κ3) is 1.15. The van der Waals surface area contributed by atoms with Crippen LogP contribution in [0.15, 0.2) is 18.2 Å². The Kier molecular flexibility index (Phi) is 2.10. The molecule has 0 bridgehead atoms. The lowest BCUT2D eigenvalue weighted by Gasteiger charge is -2.37. The lowest BCUT2D eigenvalue weighted by molar-refractivity contribution is -0.115. The van der Waals surface area contributed by atoms with Crippen molar-refractivity contribution in [2.45, 2.75) is 24.7 Å². The molecule has 14 heavy (non-hydrogen) atoms. The first-order chi connectivity index (χ1) is 6.69. The Bertz CT molecular complexity index is 370. The summed E-state index contributed by atoms with van der Waals surface area (Å²) in [5, 5.41) is 0. The summed E-state index contributed by atoms with van der Waals surface area (Å²) in [6.45, 7) is 0. The number of carbonyl (C=O) groups is 1. The van der Waals surface area contributed by atoms with Crippen LogP contribution in [0, 0.1) is 11.6 Å². The molecule has 1 aliphatic rings. The van der Waals surface area contributed by atoms with Gasteiger partial charge < -0.3 is 4.79 Å². The van der Waals surface area contributed by atoms with Crippen LogP contribution in [0.2, 0.25) is 0 Å². The molecule has 0 unspecified atom stereocenters. The van der Waals surface area contributed by atoms with E-state index in [0.29, 0.717) is 12.8 Å². The second-order valence-electron chi connectivity index (χ2n) is 3.73. The molecule has 3 heteroatoms. The van der Waals surface area contributed by atoms with Gasteiger partial charge in [-0.15, -0.1) is 0 Å². The Balaban J connectivity index is 2.50. The predicted molar refractivity (Wildman–Crippen MR) is 48.0 cm³/mol. The van der Waals surface area contributed by atoms with Crippen LogP contribution in [0.1, 0.15) is 24.8 Å². The molecule has 1 aromatic rings. The van der Waals surface area contributed by atoms with Crippen molar-refractivity contribution in [1.29, 1.82) is 0 Å². The fourth-order valence-corrected chi connectivity index (χ4v) is 1.90. The van der Waals surface area contributed by atoms with Gasteiger partial charge in [0.15, 0.2) is 11.6 Å². The number of hydrogen-bond donors (Lipinski definition) is 0. The highest BCUT2D eigenvalue weighted by Gasteiger charge is 2.40. The molecule has 0 heterocycles. The molecule has 1 saturated carbocycles. The van der Waals surface area contributed by atoms with E-state index in [2.05, 4.69) is 0 Å². The second-order valence-corrected chi connectivity index (χ2v) is 3.73. The van der Waals surface area contributed by atoms with Gasteiger partial charge in [-0.3, -0.25) is 0 Å². The maximum absolute atomic E-state index is 13.4. The van der Waals surface area contributed by atoms with Crippen molar-refractivity contribution in [3.05, 3.63) is 35.4 Å². The minimum atomic E-state index is -0.879. The van der Waals surface area contributed by atoms with Crippen LogP contribution >= 0.6 is 0 Å². The normalized spacial score (nSPS) is 18.7. The first-order valence-electron chi connectivity index (χ1n) is 4.60. The highest BCUT2D eigenvalue weighted by atomic mass is 19.2. The smallest absolute Gasteiger partial charge is 0.163 e. The van der Waals surface area contributed by atoms with Gasteiger partial charge in [0.1, 0.15) is 6.29 Å². The average Bonchev–Trinajstić information content (AvgIpc) is 2.11. The van der Waals surface area contributed by atoms with E-state index < -0.39 is 17.0 Å². The molecule has 2 rings (SSSR count). The molecule has 0 amide bonds. The van der Waals surface area contributed by atoms with E-state index >= 15 is 0 Å². The Morgan fingerprint density at radius 2 is 2.00 bits per heavy atom. The molecule has 0 saturated heterocycles. The molecule has 0 aromatic heterocycles. The Hall–Kier alpha value is -1.25. The molecular weight excluding hydrogens is 186 g/mol.